The molecule has 0 spiro atoms. The molecule has 0 aliphatic carbocycles. The molecule has 2 rings (SSSR count). The summed E-state index contributed by atoms with van der Waals surface area (Å²) in [4.78, 5) is 0. The lowest BCUT2D eigenvalue weighted by molar-refractivity contribution is 0.587. The van der Waals surface area contributed by atoms with Gasteiger partial charge in [0.25, 0.3) is 0 Å². The van der Waals surface area contributed by atoms with E-state index in [-0.39, 0.29) is 10.8 Å². The molecule has 2 N–H and O–H groups in total. The van der Waals surface area contributed by atoms with Gasteiger partial charge >= 0.3 is 0 Å². The van der Waals surface area contributed by atoms with E-state index in [0.717, 1.165) is 28.5 Å². The van der Waals surface area contributed by atoms with Crippen LogP contribution in [0.25, 0.3) is 0 Å². The highest BCUT2D eigenvalue weighted by Gasteiger charge is 2.25. The van der Waals surface area contributed by atoms with E-state index in [1.807, 2.05) is 38.1 Å². The highest BCUT2D eigenvalue weighted by molar-refractivity contribution is 8.05. The first kappa shape index (κ1) is 24.1. The third-order valence-corrected chi connectivity index (χ3v) is 6.17. The maximum atomic E-state index is 8.94. The van der Waals surface area contributed by atoms with Gasteiger partial charge in [0.05, 0.1) is 13.3 Å². The van der Waals surface area contributed by atoms with Crippen molar-refractivity contribution >= 4 is 19.6 Å². The van der Waals surface area contributed by atoms with E-state index >= 15 is 0 Å². The van der Waals surface area contributed by atoms with E-state index in [4.69, 9.17) is 18.8 Å². The van der Waals surface area contributed by atoms with Crippen molar-refractivity contribution in [2.24, 2.45) is 5.73 Å². The monoisotopic (exact) mass is 414 g/mol. The second kappa shape index (κ2) is 8.54. The van der Waals surface area contributed by atoms with Gasteiger partial charge in [-0.3, -0.25) is 0 Å². The summed E-state index contributed by atoms with van der Waals surface area (Å²) in [5.74, 6) is 6.67. The summed E-state index contributed by atoms with van der Waals surface area (Å²) < 4.78 is -0.738. The fourth-order valence-electron chi connectivity index (χ4n) is 3.12. The highest BCUT2D eigenvalue weighted by Crippen LogP contribution is 2.33. The minimum absolute atomic E-state index is 0.106. The van der Waals surface area contributed by atoms with Gasteiger partial charge < -0.3 is 5.73 Å². The zero-order valence-corrected chi connectivity index (χ0v) is 19.9. The van der Waals surface area contributed by atoms with E-state index in [1.165, 1.54) is 5.56 Å². The summed E-state index contributed by atoms with van der Waals surface area (Å²) in [6.45, 7) is 14.5. The van der Waals surface area contributed by atoms with E-state index in [1.54, 1.807) is 0 Å². The Hall–Kier alpha value is -2.14. The van der Waals surface area contributed by atoms with Gasteiger partial charge in [-0.15, -0.1) is 0 Å². The lowest BCUT2D eigenvalue weighted by atomic mass is 9.78. The van der Waals surface area contributed by atoms with Crippen LogP contribution in [-0.4, -0.2) is 7.85 Å². The number of rotatable bonds is 4. The molecule has 0 amide bonds. The minimum Gasteiger partial charge on any atom is -0.312 e. The first-order chi connectivity index (χ1) is 13.7. The largest absolute Gasteiger partial charge is 0.312 e. The summed E-state index contributed by atoms with van der Waals surface area (Å²) in [6, 6.07) is 16.4. The number of hydrogen-bond donors (Lipinski definition) is 1. The van der Waals surface area contributed by atoms with Crippen LogP contribution >= 0.6 is 11.8 Å². The first-order valence-corrected chi connectivity index (χ1v) is 10.9. The molecular formula is C26H31BN2S. The maximum absolute atomic E-state index is 8.94. The number of benzene rings is 2. The van der Waals surface area contributed by atoms with Crippen molar-refractivity contribution in [1.29, 1.82) is 5.26 Å². The van der Waals surface area contributed by atoms with Gasteiger partial charge in [-0.05, 0) is 60.2 Å². The summed E-state index contributed by atoms with van der Waals surface area (Å²) in [5, 5.41) is 11.0. The van der Waals surface area contributed by atoms with Crippen LogP contribution < -0.4 is 5.73 Å². The van der Waals surface area contributed by atoms with Gasteiger partial charge in [-0.2, -0.15) is 5.26 Å². The van der Waals surface area contributed by atoms with Crippen molar-refractivity contribution in [2.45, 2.75) is 69.5 Å². The van der Waals surface area contributed by atoms with Crippen LogP contribution in [0.4, 0.5) is 0 Å². The number of nitrogens with two attached hydrogens (primary N) is 1. The topological polar surface area (TPSA) is 49.8 Å². The molecule has 2 aromatic rings. The van der Waals surface area contributed by atoms with Crippen molar-refractivity contribution in [2.75, 3.05) is 0 Å². The lowest BCUT2D eigenvalue weighted by Gasteiger charge is -2.25. The molecule has 0 saturated heterocycles. The fraction of sp³-hybridized carbons (Fsp3) is 0.423. The standard InChI is InChI=1S/C26H31BN2S/c1-23(2,3)19-8-12-21(13-9-19)25(6,29)17-16-24(4,5)20-10-14-22(15-11-20)26(7,27)30-18-28/h8-15H,29H2,1-7H3. The van der Waals surface area contributed by atoms with Crippen molar-refractivity contribution in [3.05, 3.63) is 70.8 Å². The molecule has 2 aromatic carbocycles. The van der Waals surface area contributed by atoms with Gasteiger partial charge in [0, 0.05) is 4.65 Å². The van der Waals surface area contributed by atoms with Crippen LogP contribution in [0.3, 0.4) is 0 Å². The van der Waals surface area contributed by atoms with Crippen molar-refractivity contribution < 1.29 is 0 Å². The second-order valence-electron chi connectivity index (χ2n) is 9.78. The predicted octanol–water partition coefficient (Wildman–Crippen LogP) is 5.69. The van der Waals surface area contributed by atoms with Crippen molar-refractivity contribution in [3.8, 4) is 17.2 Å². The zero-order chi connectivity index (χ0) is 22.8. The van der Waals surface area contributed by atoms with Crippen LogP contribution in [-0.2, 0) is 21.0 Å². The van der Waals surface area contributed by atoms with Crippen LogP contribution in [0.2, 0.25) is 0 Å². The molecule has 0 aliphatic rings. The van der Waals surface area contributed by atoms with Gasteiger partial charge in [0.2, 0.25) is 0 Å². The van der Waals surface area contributed by atoms with E-state index < -0.39 is 10.2 Å². The molecule has 154 valence electrons. The van der Waals surface area contributed by atoms with Gasteiger partial charge in [-0.1, -0.05) is 88.1 Å². The number of nitrogens with zero attached hydrogens (tertiary/aromatic N) is 1. The Kier molecular flexibility index (Phi) is 6.87. The molecule has 4 heteroatoms. The zero-order valence-electron chi connectivity index (χ0n) is 19.1. The van der Waals surface area contributed by atoms with Gasteiger partial charge in [0.15, 0.2) is 0 Å². The molecule has 2 radical (unpaired) electrons. The number of nitriles is 1. The van der Waals surface area contributed by atoms with Crippen LogP contribution in [0.1, 0.15) is 70.7 Å². The smallest absolute Gasteiger partial charge is 0.133 e. The number of thioether (sulfide) groups is 1. The summed E-state index contributed by atoms with van der Waals surface area (Å²) >= 11 is 1.05. The fourth-order valence-corrected chi connectivity index (χ4v) is 3.56. The Morgan fingerprint density at radius 1 is 0.733 bits per heavy atom. The van der Waals surface area contributed by atoms with Crippen molar-refractivity contribution in [3.63, 3.8) is 0 Å². The summed E-state index contributed by atoms with van der Waals surface area (Å²) in [7, 11) is 6.22. The third kappa shape index (κ3) is 5.72. The molecule has 0 heterocycles. The average Bonchev–Trinajstić information content (AvgIpc) is 2.66. The minimum atomic E-state index is -0.743. The van der Waals surface area contributed by atoms with E-state index in [0.29, 0.717) is 0 Å². The van der Waals surface area contributed by atoms with Gasteiger partial charge in [0.1, 0.15) is 10.9 Å². The third-order valence-electron chi connectivity index (χ3n) is 5.42. The Bertz CT molecular complexity index is 977. The molecule has 0 aliphatic heterocycles. The van der Waals surface area contributed by atoms with Crippen molar-refractivity contribution in [1.82, 2.24) is 0 Å². The molecule has 2 atom stereocenters. The molecule has 0 aromatic heterocycles. The molecule has 0 saturated carbocycles. The highest BCUT2D eigenvalue weighted by atomic mass is 32.2. The number of hydrogen-bond acceptors (Lipinski definition) is 3. The first-order valence-electron chi connectivity index (χ1n) is 10.1. The van der Waals surface area contributed by atoms with Crippen LogP contribution in [0.15, 0.2) is 48.5 Å². The lowest BCUT2D eigenvalue weighted by Crippen LogP contribution is -2.32. The normalized spacial score (nSPS) is 15.8. The quantitative estimate of drug-likeness (QED) is 0.397. The maximum Gasteiger partial charge on any atom is 0.133 e. The average molecular weight is 414 g/mol. The Labute approximate surface area is 188 Å². The molecule has 2 unspecified atom stereocenters. The molecular weight excluding hydrogens is 383 g/mol. The molecule has 2 nitrogen and oxygen atoms in total. The Morgan fingerprint density at radius 3 is 1.63 bits per heavy atom. The second-order valence-corrected chi connectivity index (χ2v) is 11.0. The van der Waals surface area contributed by atoms with Gasteiger partial charge in [-0.25, -0.2) is 0 Å². The molecule has 0 bridgehead atoms. The van der Waals surface area contributed by atoms with Crippen LogP contribution in [0, 0.1) is 22.5 Å². The SMILES string of the molecule is [B]C(C)(SC#N)c1ccc(C(C)(C)C#CC(C)(N)c2ccc(C(C)(C)C)cc2)cc1. The molecule has 30 heavy (non-hydrogen) atoms. The Balaban J connectivity index is 2.27. The summed E-state index contributed by atoms with van der Waals surface area (Å²) in [6.07, 6.45) is 0. The Morgan fingerprint density at radius 2 is 1.17 bits per heavy atom. The predicted molar refractivity (Wildman–Crippen MR) is 130 cm³/mol. The van der Waals surface area contributed by atoms with E-state index in [9.17, 15) is 0 Å². The van der Waals surface area contributed by atoms with Crippen LogP contribution in [0.5, 0.6) is 0 Å². The summed E-state index contributed by atoms with van der Waals surface area (Å²) in [5.41, 5.74) is 9.82. The molecule has 0 fully saturated rings. The number of thiocyanates is 1. The van der Waals surface area contributed by atoms with E-state index in [2.05, 4.69) is 76.1 Å².